The minimum atomic E-state index is -0.370. The van der Waals surface area contributed by atoms with Gasteiger partial charge in [0.25, 0.3) is 0 Å². The molecule has 1 N–H and O–H groups in total. The molecule has 4 heteroatoms. The van der Waals surface area contributed by atoms with Gasteiger partial charge in [0.2, 0.25) is 0 Å². The summed E-state index contributed by atoms with van der Waals surface area (Å²) in [5.74, 6) is -0.370. The summed E-state index contributed by atoms with van der Waals surface area (Å²) >= 11 is 5.63. The maximum absolute atomic E-state index is 13.2. The van der Waals surface area contributed by atoms with E-state index in [1.54, 1.807) is 13.1 Å². The van der Waals surface area contributed by atoms with E-state index in [0.717, 1.165) is 10.9 Å². The predicted octanol–water partition coefficient (Wildman–Crippen LogP) is 3.69. The average Bonchev–Trinajstić information content (AvgIpc) is 2.65. The smallest absolute Gasteiger partial charge is 0.145 e. The third-order valence-electron chi connectivity index (χ3n) is 1.88. The molecule has 0 atom stereocenters. The van der Waals surface area contributed by atoms with Gasteiger partial charge in [-0.1, -0.05) is 25.4 Å². The van der Waals surface area contributed by atoms with Crippen molar-refractivity contribution >= 4 is 22.5 Å². The van der Waals surface area contributed by atoms with Gasteiger partial charge in [-0.3, -0.25) is 5.10 Å². The van der Waals surface area contributed by atoms with Crippen LogP contribution in [0.2, 0.25) is 5.02 Å². The minimum absolute atomic E-state index is 0.129. The number of hydrogen-bond acceptors (Lipinski definition) is 1. The molecule has 0 bridgehead atoms. The molecule has 1 aromatic heterocycles. The van der Waals surface area contributed by atoms with E-state index in [4.69, 9.17) is 11.6 Å². The Labute approximate surface area is 87.1 Å². The summed E-state index contributed by atoms with van der Waals surface area (Å²) < 4.78 is 13.2. The molecule has 0 aliphatic rings. The number of aryl methyl sites for hydroxylation is 1. The Kier molecular flexibility index (Phi) is 3.47. The van der Waals surface area contributed by atoms with Gasteiger partial charge in [0.05, 0.1) is 16.7 Å². The normalized spacial score (nSPS) is 9.79. The Balaban J connectivity index is 0.000000461. The first kappa shape index (κ1) is 11.0. The number of hydrogen-bond donors (Lipinski definition) is 1. The van der Waals surface area contributed by atoms with Crippen LogP contribution < -0.4 is 0 Å². The monoisotopic (exact) mass is 214 g/mol. The first-order valence-corrected chi connectivity index (χ1v) is 4.85. The Morgan fingerprint density at radius 3 is 2.71 bits per heavy atom. The molecule has 2 nitrogen and oxygen atoms in total. The van der Waals surface area contributed by atoms with Crippen LogP contribution in [0.3, 0.4) is 0 Å². The summed E-state index contributed by atoms with van der Waals surface area (Å²) in [5.41, 5.74) is 1.30. The van der Waals surface area contributed by atoms with E-state index in [9.17, 15) is 4.39 Å². The summed E-state index contributed by atoms with van der Waals surface area (Å²) in [5, 5.41) is 7.43. The van der Waals surface area contributed by atoms with Gasteiger partial charge < -0.3 is 0 Å². The first-order valence-electron chi connectivity index (χ1n) is 4.48. The van der Waals surface area contributed by atoms with Crippen molar-refractivity contribution in [2.24, 2.45) is 0 Å². The molecule has 0 aliphatic heterocycles. The Bertz CT molecular complexity index is 437. The van der Waals surface area contributed by atoms with E-state index in [-0.39, 0.29) is 10.8 Å². The quantitative estimate of drug-likeness (QED) is 0.712. The van der Waals surface area contributed by atoms with Crippen LogP contribution in [0.4, 0.5) is 4.39 Å². The van der Waals surface area contributed by atoms with E-state index in [0.29, 0.717) is 5.56 Å². The van der Waals surface area contributed by atoms with Crippen molar-refractivity contribution in [3.05, 3.63) is 28.7 Å². The zero-order chi connectivity index (χ0) is 10.7. The molecule has 0 amide bonds. The topological polar surface area (TPSA) is 28.7 Å². The van der Waals surface area contributed by atoms with Crippen molar-refractivity contribution in [1.29, 1.82) is 0 Å². The van der Waals surface area contributed by atoms with Gasteiger partial charge >= 0.3 is 0 Å². The number of aromatic nitrogens is 2. The number of halogens is 2. The first-order chi connectivity index (χ1) is 6.70. The average molecular weight is 215 g/mol. The number of benzene rings is 1. The molecular formula is C10H12ClFN2. The molecule has 76 valence electrons. The van der Waals surface area contributed by atoms with Crippen LogP contribution in [0.5, 0.6) is 0 Å². The lowest BCUT2D eigenvalue weighted by molar-refractivity contribution is 0.621. The molecule has 14 heavy (non-hydrogen) atoms. The van der Waals surface area contributed by atoms with Gasteiger partial charge in [-0.2, -0.15) is 5.10 Å². The van der Waals surface area contributed by atoms with Crippen LogP contribution >= 0.6 is 11.6 Å². The molecule has 0 unspecified atom stereocenters. The van der Waals surface area contributed by atoms with E-state index in [1.165, 1.54) is 6.07 Å². The molecular weight excluding hydrogens is 203 g/mol. The summed E-state index contributed by atoms with van der Waals surface area (Å²) in [6, 6.07) is 1.53. The summed E-state index contributed by atoms with van der Waals surface area (Å²) in [4.78, 5) is 0. The zero-order valence-electron chi connectivity index (χ0n) is 8.36. The Morgan fingerprint density at radius 1 is 1.43 bits per heavy atom. The molecule has 0 radical (unpaired) electrons. The fourth-order valence-corrected chi connectivity index (χ4v) is 1.44. The number of rotatable bonds is 0. The number of nitrogens with one attached hydrogen (secondary N) is 1. The van der Waals surface area contributed by atoms with Gasteiger partial charge in [-0.15, -0.1) is 0 Å². The molecule has 0 aliphatic carbocycles. The highest BCUT2D eigenvalue weighted by molar-refractivity contribution is 6.31. The molecule has 0 saturated heterocycles. The van der Waals surface area contributed by atoms with Crippen molar-refractivity contribution in [1.82, 2.24) is 10.2 Å². The minimum Gasteiger partial charge on any atom is -0.278 e. The lowest BCUT2D eigenvalue weighted by Gasteiger charge is -1.99. The van der Waals surface area contributed by atoms with Crippen LogP contribution in [-0.2, 0) is 0 Å². The lowest BCUT2D eigenvalue weighted by atomic mass is 10.1. The molecule has 0 fully saturated rings. The van der Waals surface area contributed by atoms with Crippen molar-refractivity contribution in [2.75, 3.05) is 0 Å². The van der Waals surface area contributed by atoms with E-state index >= 15 is 0 Å². The van der Waals surface area contributed by atoms with E-state index in [2.05, 4.69) is 10.2 Å². The predicted molar refractivity (Wildman–Crippen MR) is 57.1 cm³/mol. The van der Waals surface area contributed by atoms with Crippen molar-refractivity contribution in [3.8, 4) is 0 Å². The highest BCUT2D eigenvalue weighted by Crippen LogP contribution is 2.25. The summed E-state index contributed by atoms with van der Waals surface area (Å²) in [7, 11) is 0. The molecule has 1 aromatic carbocycles. The van der Waals surface area contributed by atoms with Crippen LogP contribution in [-0.4, -0.2) is 10.2 Å². The highest BCUT2D eigenvalue weighted by Gasteiger charge is 2.08. The third-order valence-corrected chi connectivity index (χ3v) is 2.16. The fraction of sp³-hybridized carbons (Fsp3) is 0.300. The Morgan fingerprint density at radius 2 is 2.07 bits per heavy atom. The third kappa shape index (κ3) is 1.73. The molecule has 1 heterocycles. The largest absolute Gasteiger partial charge is 0.278 e. The standard InChI is InChI=1S/C8H6ClFN2.C2H6/c1-4-5-3-11-12-7(5)2-6(9)8(4)10;1-2/h2-3H,1H3,(H,11,12);1-2H3. The van der Waals surface area contributed by atoms with Gasteiger partial charge in [-0.25, -0.2) is 4.39 Å². The number of nitrogens with zero attached hydrogens (tertiary/aromatic N) is 1. The summed E-state index contributed by atoms with van der Waals surface area (Å²) in [6.45, 7) is 5.68. The second-order valence-electron chi connectivity index (χ2n) is 2.63. The highest BCUT2D eigenvalue weighted by atomic mass is 35.5. The second-order valence-corrected chi connectivity index (χ2v) is 3.04. The van der Waals surface area contributed by atoms with E-state index < -0.39 is 0 Å². The van der Waals surface area contributed by atoms with Crippen molar-refractivity contribution in [3.63, 3.8) is 0 Å². The van der Waals surface area contributed by atoms with Gasteiger partial charge in [0.15, 0.2) is 0 Å². The molecule has 0 saturated carbocycles. The van der Waals surface area contributed by atoms with Gasteiger partial charge in [-0.05, 0) is 18.6 Å². The molecule has 2 rings (SSSR count). The van der Waals surface area contributed by atoms with Crippen LogP contribution in [0, 0.1) is 12.7 Å². The second kappa shape index (κ2) is 4.42. The molecule has 0 spiro atoms. The van der Waals surface area contributed by atoms with Gasteiger partial charge in [0, 0.05) is 5.39 Å². The lowest BCUT2D eigenvalue weighted by Crippen LogP contribution is -1.84. The summed E-state index contributed by atoms with van der Waals surface area (Å²) in [6.07, 6.45) is 1.59. The fourth-order valence-electron chi connectivity index (χ4n) is 1.19. The van der Waals surface area contributed by atoms with Crippen molar-refractivity contribution in [2.45, 2.75) is 20.8 Å². The van der Waals surface area contributed by atoms with Gasteiger partial charge in [0.1, 0.15) is 5.82 Å². The maximum atomic E-state index is 13.2. The molecule has 2 aromatic rings. The number of fused-ring (bicyclic) bond motifs is 1. The van der Waals surface area contributed by atoms with Crippen LogP contribution in [0.1, 0.15) is 19.4 Å². The van der Waals surface area contributed by atoms with Crippen molar-refractivity contribution < 1.29 is 4.39 Å². The SMILES string of the molecule is CC.Cc1c(F)c(Cl)cc2[nH]ncc12. The number of aromatic amines is 1. The zero-order valence-corrected chi connectivity index (χ0v) is 9.11. The van der Waals surface area contributed by atoms with Crippen LogP contribution in [0.15, 0.2) is 12.3 Å². The Hall–Kier alpha value is -1.09. The maximum Gasteiger partial charge on any atom is 0.145 e. The number of H-pyrrole nitrogens is 1. The van der Waals surface area contributed by atoms with Crippen LogP contribution in [0.25, 0.3) is 10.9 Å². The van der Waals surface area contributed by atoms with E-state index in [1.807, 2.05) is 13.8 Å².